The molecular weight excluding hydrogens is 436 g/mol. The van der Waals surface area contributed by atoms with Crippen LogP contribution in [0.3, 0.4) is 0 Å². The molecule has 34 heavy (non-hydrogen) atoms. The summed E-state index contributed by atoms with van der Waals surface area (Å²) in [5, 5.41) is 3.12. The quantitative estimate of drug-likeness (QED) is 0.431. The zero-order chi connectivity index (χ0) is 23.3. The van der Waals surface area contributed by atoms with Crippen LogP contribution in [0.25, 0.3) is 17.2 Å². The SMILES string of the molecule is Cc1ccc(-c2ccc3c(c2)C=C(C(=O)Nc2ccc(CN4CCCCC4)cc2)CCS3)cc1. The van der Waals surface area contributed by atoms with E-state index in [0.29, 0.717) is 0 Å². The van der Waals surface area contributed by atoms with Gasteiger partial charge in [0.15, 0.2) is 0 Å². The Labute approximate surface area is 207 Å². The number of piperidine rings is 1. The minimum atomic E-state index is -0.00188. The number of nitrogens with one attached hydrogen (secondary N) is 1. The molecule has 0 radical (unpaired) electrons. The zero-order valence-electron chi connectivity index (χ0n) is 19.8. The van der Waals surface area contributed by atoms with Crippen molar-refractivity contribution in [2.24, 2.45) is 0 Å². The second-order valence-electron chi connectivity index (χ2n) is 9.37. The Morgan fingerprint density at radius 2 is 1.65 bits per heavy atom. The van der Waals surface area contributed by atoms with Crippen molar-refractivity contribution < 1.29 is 4.79 Å². The van der Waals surface area contributed by atoms with Crippen LogP contribution in [0, 0.1) is 6.92 Å². The van der Waals surface area contributed by atoms with E-state index in [1.54, 1.807) is 0 Å². The second kappa shape index (κ2) is 10.6. The van der Waals surface area contributed by atoms with Gasteiger partial charge in [-0.25, -0.2) is 0 Å². The maximum absolute atomic E-state index is 13.1. The summed E-state index contributed by atoms with van der Waals surface area (Å²) < 4.78 is 0. The van der Waals surface area contributed by atoms with Crippen LogP contribution in [0.2, 0.25) is 0 Å². The minimum absolute atomic E-state index is 0.00188. The molecule has 3 aromatic carbocycles. The Bertz CT molecular complexity index is 1180. The van der Waals surface area contributed by atoms with Gasteiger partial charge in [0, 0.05) is 28.5 Å². The number of rotatable bonds is 5. The lowest BCUT2D eigenvalue weighted by Gasteiger charge is -2.26. The van der Waals surface area contributed by atoms with Crippen molar-refractivity contribution >= 4 is 29.4 Å². The van der Waals surface area contributed by atoms with Crippen molar-refractivity contribution in [2.45, 2.75) is 44.0 Å². The van der Waals surface area contributed by atoms with E-state index in [1.807, 2.05) is 23.9 Å². The fourth-order valence-corrected chi connectivity index (χ4v) is 5.70. The fraction of sp³-hybridized carbons (Fsp3) is 0.300. The molecule has 3 nitrogen and oxygen atoms in total. The smallest absolute Gasteiger partial charge is 0.251 e. The average Bonchev–Trinajstić information content (AvgIpc) is 3.08. The van der Waals surface area contributed by atoms with Crippen LogP contribution < -0.4 is 5.32 Å². The second-order valence-corrected chi connectivity index (χ2v) is 10.5. The number of amides is 1. The highest BCUT2D eigenvalue weighted by Crippen LogP contribution is 2.34. The van der Waals surface area contributed by atoms with Gasteiger partial charge in [0.2, 0.25) is 0 Å². The third kappa shape index (κ3) is 5.63. The van der Waals surface area contributed by atoms with Crippen LogP contribution >= 0.6 is 11.8 Å². The third-order valence-electron chi connectivity index (χ3n) is 6.71. The summed E-state index contributed by atoms with van der Waals surface area (Å²) in [6, 6.07) is 23.5. The Morgan fingerprint density at radius 1 is 0.912 bits per heavy atom. The number of fused-ring (bicyclic) bond motifs is 1. The first-order valence-electron chi connectivity index (χ1n) is 12.3. The van der Waals surface area contributed by atoms with E-state index in [2.05, 4.69) is 77.8 Å². The predicted molar refractivity (Wildman–Crippen MR) is 144 cm³/mol. The van der Waals surface area contributed by atoms with Crippen LogP contribution in [0.15, 0.2) is 77.2 Å². The van der Waals surface area contributed by atoms with Crippen molar-refractivity contribution in [3.8, 4) is 11.1 Å². The van der Waals surface area contributed by atoms with Gasteiger partial charge in [-0.15, -0.1) is 11.8 Å². The Kier molecular flexibility index (Phi) is 7.17. The fourth-order valence-electron chi connectivity index (χ4n) is 4.71. The number of nitrogens with zero attached hydrogens (tertiary/aromatic N) is 1. The molecular formula is C30H32N2OS. The van der Waals surface area contributed by atoms with Gasteiger partial charge >= 0.3 is 0 Å². The van der Waals surface area contributed by atoms with E-state index >= 15 is 0 Å². The Hall–Kier alpha value is -2.82. The molecule has 0 bridgehead atoms. The van der Waals surface area contributed by atoms with E-state index in [9.17, 15) is 4.79 Å². The highest BCUT2D eigenvalue weighted by Gasteiger charge is 2.16. The van der Waals surface area contributed by atoms with Gasteiger partial charge in [-0.05, 0) is 91.9 Å². The van der Waals surface area contributed by atoms with Gasteiger partial charge in [-0.3, -0.25) is 9.69 Å². The van der Waals surface area contributed by atoms with Crippen molar-refractivity contribution in [1.82, 2.24) is 4.90 Å². The summed E-state index contributed by atoms with van der Waals surface area (Å²) in [5.74, 6) is 0.906. The normalized spacial score (nSPS) is 16.3. The van der Waals surface area contributed by atoms with Crippen molar-refractivity contribution in [3.05, 3.63) is 89.0 Å². The molecule has 0 aliphatic carbocycles. The van der Waals surface area contributed by atoms with Crippen LogP contribution in [0.1, 0.15) is 42.4 Å². The van der Waals surface area contributed by atoms with Crippen LogP contribution in [-0.2, 0) is 11.3 Å². The topological polar surface area (TPSA) is 32.3 Å². The first kappa shape index (κ1) is 22.9. The molecule has 2 aliphatic rings. The van der Waals surface area contributed by atoms with E-state index in [-0.39, 0.29) is 5.91 Å². The highest BCUT2D eigenvalue weighted by atomic mass is 32.2. The van der Waals surface area contributed by atoms with Crippen molar-refractivity contribution in [2.75, 3.05) is 24.2 Å². The lowest BCUT2D eigenvalue weighted by Crippen LogP contribution is -2.29. The van der Waals surface area contributed by atoms with Crippen LogP contribution in [0.5, 0.6) is 0 Å². The van der Waals surface area contributed by atoms with Crippen molar-refractivity contribution in [1.29, 1.82) is 0 Å². The number of carbonyl (C=O) groups excluding carboxylic acids is 1. The average molecular weight is 469 g/mol. The van der Waals surface area contributed by atoms with E-state index in [4.69, 9.17) is 0 Å². The molecule has 0 saturated carbocycles. The first-order valence-corrected chi connectivity index (χ1v) is 13.3. The molecule has 0 unspecified atom stereocenters. The van der Waals surface area contributed by atoms with Gasteiger partial charge < -0.3 is 5.32 Å². The Balaban J connectivity index is 1.29. The monoisotopic (exact) mass is 468 g/mol. The minimum Gasteiger partial charge on any atom is -0.322 e. The van der Waals surface area contributed by atoms with E-state index < -0.39 is 0 Å². The number of aryl methyl sites for hydroxylation is 1. The Morgan fingerprint density at radius 3 is 2.41 bits per heavy atom. The molecule has 2 heterocycles. The number of anilines is 1. The summed E-state index contributed by atoms with van der Waals surface area (Å²) in [5.41, 5.74) is 7.77. The molecule has 4 heteroatoms. The summed E-state index contributed by atoms with van der Waals surface area (Å²) in [6.45, 7) is 5.49. The number of benzene rings is 3. The highest BCUT2D eigenvalue weighted by molar-refractivity contribution is 7.99. The maximum Gasteiger partial charge on any atom is 0.251 e. The summed E-state index contributed by atoms with van der Waals surface area (Å²) in [6.07, 6.45) is 6.80. The molecule has 1 saturated heterocycles. The molecule has 1 amide bonds. The summed E-state index contributed by atoms with van der Waals surface area (Å²) in [4.78, 5) is 16.9. The first-order chi connectivity index (χ1) is 16.6. The van der Waals surface area contributed by atoms with Gasteiger partial charge in [-0.2, -0.15) is 0 Å². The number of thioether (sulfide) groups is 1. The molecule has 1 fully saturated rings. The largest absolute Gasteiger partial charge is 0.322 e. The number of likely N-dealkylation sites (tertiary alicyclic amines) is 1. The maximum atomic E-state index is 13.1. The molecule has 0 aromatic heterocycles. The summed E-state index contributed by atoms with van der Waals surface area (Å²) >= 11 is 1.83. The van der Waals surface area contributed by atoms with Crippen molar-refractivity contribution in [3.63, 3.8) is 0 Å². The molecule has 5 rings (SSSR count). The molecule has 3 aromatic rings. The molecule has 0 atom stereocenters. The van der Waals surface area contributed by atoms with Gasteiger partial charge in [0.05, 0.1) is 0 Å². The lowest BCUT2D eigenvalue weighted by molar-refractivity contribution is -0.112. The lowest BCUT2D eigenvalue weighted by atomic mass is 10.0. The molecule has 0 spiro atoms. The molecule has 1 N–H and O–H groups in total. The zero-order valence-corrected chi connectivity index (χ0v) is 20.7. The number of hydrogen-bond donors (Lipinski definition) is 1. The summed E-state index contributed by atoms with van der Waals surface area (Å²) in [7, 11) is 0. The standard InChI is InChI=1S/C30H32N2OS/c1-22-5-9-24(10-6-22)25-11-14-29-27(19-25)20-26(15-18-34-29)30(33)31-28-12-7-23(8-13-28)21-32-16-3-2-4-17-32/h5-14,19-20H,2-4,15-18,21H2,1H3,(H,31,33). The third-order valence-corrected chi connectivity index (χ3v) is 7.80. The number of hydrogen-bond acceptors (Lipinski definition) is 3. The van der Waals surface area contributed by atoms with E-state index in [0.717, 1.165) is 35.5 Å². The van der Waals surface area contributed by atoms with E-state index in [1.165, 1.54) is 59.5 Å². The van der Waals surface area contributed by atoms with Gasteiger partial charge in [0.25, 0.3) is 5.91 Å². The molecule has 174 valence electrons. The van der Waals surface area contributed by atoms with Gasteiger partial charge in [0.1, 0.15) is 0 Å². The van der Waals surface area contributed by atoms with Crippen LogP contribution in [0.4, 0.5) is 5.69 Å². The molecule has 2 aliphatic heterocycles. The predicted octanol–water partition coefficient (Wildman–Crippen LogP) is 7.17. The van der Waals surface area contributed by atoms with Crippen LogP contribution in [-0.4, -0.2) is 29.6 Å². The van der Waals surface area contributed by atoms with Gasteiger partial charge in [-0.1, -0.05) is 54.4 Å². The number of carbonyl (C=O) groups is 1.